The van der Waals surface area contributed by atoms with Crippen LogP contribution in [-0.2, 0) is 20.0 Å². The van der Waals surface area contributed by atoms with Gasteiger partial charge in [0, 0.05) is 24.3 Å². The predicted molar refractivity (Wildman–Crippen MR) is 130 cm³/mol. The van der Waals surface area contributed by atoms with Crippen LogP contribution < -0.4 is 42.8 Å². The molecule has 0 unspecified atom stereocenters. The molecule has 15 nitrogen and oxygen atoms in total. The highest BCUT2D eigenvalue weighted by Gasteiger charge is 2.35. The Bertz CT molecular complexity index is 1500. The fourth-order valence-corrected chi connectivity index (χ4v) is 7.20. The van der Waals surface area contributed by atoms with Crippen LogP contribution in [0.2, 0.25) is 0 Å². The van der Waals surface area contributed by atoms with Crippen LogP contribution in [0.25, 0.3) is 22.5 Å². The molecule has 0 bridgehead atoms. The quantitative estimate of drug-likeness (QED) is 0.162. The zero-order chi connectivity index (χ0) is 25.5. The van der Waals surface area contributed by atoms with Gasteiger partial charge in [-0.25, -0.2) is 42.5 Å². The summed E-state index contributed by atoms with van der Waals surface area (Å²) in [5.41, 5.74) is 18.7. The summed E-state index contributed by atoms with van der Waals surface area (Å²) >= 11 is 0. The Morgan fingerprint density at radius 2 is 1.83 bits per heavy atom. The third-order valence-electron chi connectivity index (χ3n) is 5.84. The lowest BCUT2D eigenvalue weighted by Gasteiger charge is -2.22. The number of aromatic nitrogens is 3. The average Bonchev–Trinajstić information content (AvgIpc) is 3.61. The number of nitrogens with one attached hydrogen (secondary N) is 7. The summed E-state index contributed by atoms with van der Waals surface area (Å²) in [6, 6.07) is 5.77. The maximum Gasteiger partial charge on any atom is 0.242 e. The van der Waals surface area contributed by atoms with E-state index in [-0.39, 0.29) is 17.6 Å². The molecule has 36 heavy (non-hydrogen) atoms. The maximum absolute atomic E-state index is 13.3. The van der Waals surface area contributed by atoms with Crippen LogP contribution in [0.1, 0.15) is 18.2 Å². The largest absolute Gasteiger partial charge is 0.369 e. The Morgan fingerprint density at radius 1 is 1.06 bits per heavy atom. The molecule has 4 heterocycles. The van der Waals surface area contributed by atoms with Gasteiger partial charge in [0.25, 0.3) is 0 Å². The molecule has 11 N–H and O–H groups in total. The van der Waals surface area contributed by atoms with Gasteiger partial charge in [0.1, 0.15) is 16.0 Å². The minimum absolute atomic E-state index is 0.101. The number of sulfonamides is 2. The van der Waals surface area contributed by atoms with E-state index < -0.39 is 36.0 Å². The lowest BCUT2D eigenvalue weighted by Crippen LogP contribution is -2.38. The third kappa shape index (κ3) is 4.83. The van der Waals surface area contributed by atoms with Gasteiger partial charge < -0.3 is 16.0 Å². The van der Waals surface area contributed by atoms with Crippen LogP contribution in [0, 0.1) is 0 Å². The summed E-state index contributed by atoms with van der Waals surface area (Å²) < 4.78 is 55.1. The number of rotatable bonds is 7. The van der Waals surface area contributed by atoms with E-state index in [1.807, 2.05) is 0 Å². The van der Waals surface area contributed by atoms with E-state index in [9.17, 15) is 16.8 Å². The molecule has 2 aliphatic heterocycles. The van der Waals surface area contributed by atoms with Crippen molar-refractivity contribution in [3.63, 3.8) is 0 Å². The van der Waals surface area contributed by atoms with E-state index in [0.717, 1.165) is 0 Å². The number of hydrogen-bond acceptors (Lipinski definition) is 12. The highest BCUT2D eigenvalue weighted by Crippen LogP contribution is 2.37. The van der Waals surface area contributed by atoms with Gasteiger partial charge in [-0.05, 0) is 42.3 Å². The number of anilines is 1. The number of pyridine rings is 1. The first-order chi connectivity index (χ1) is 17.1. The van der Waals surface area contributed by atoms with Crippen LogP contribution >= 0.6 is 0 Å². The van der Waals surface area contributed by atoms with E-state index in [1.165, 1.54) is 24.5 Å². The zero-order valence-corrected chi connectivity index (χ0v) is 20.4. The molecule has 0 aliphatic carbocycles. The van der Waals surface area contributed by atoms with Gasteiger partial charge in [-0.3, -0.25) is 4.98 Å². The van der Waals surface area contributed by atoms with Crippen LogP contribution in [0.4, 0.5) is 5.95 Å². The van der Waals surface area contributed by atoms with Gasteiger partial charge in [-0.1, -0.05) is 6.07 Å². The summed E-state index contributed by atoms with van der Waals surface area (Å²) in [5, 5.41) is 8.70. The van der Waals surface area contributed by atoms with Crippen molar-refractivity contribution in [1.29, 1.82) is 0 Å². The summed E-state index contributed by atoms with van der Waals surface area (Å²) in [6.45, 7) is 1.09. The van der Waals surface area contributed by atoms with Crippen molar-refractivity contribution in [2.24, 2.45) is 5.14 Å². The van der Waals surface area contributed by atoms with E-state index in [4.69, 9.17) is 10.9 Å². The second kappa shape index (κ2) is 9.47. The van der Waals surface area contributed by atoms with E-state index in [0.29, 0.717) is 42.0 Å². The van der Waals surface area contributed by atoms with E-state index in [2.05, 4.69) is 46.9 Å². The molecule has 17 heteroatoms. The number of hydrazine groups is 3. The van der Waals surface area contributed by atoms with Gasteiger partial charge in [-0.15, -0.1) is 0 Å². The molecule has 0 radical (unpaired) electrons. The summed E-state index contributed by atoms with van der Waals surface area (Å²) in [5.74, 6) is 0.213. The van der Waals surface area contributed by atoms with E-state index in [1.54, 1.807) is 12.1 Å². The van der Waals surface area contributed by atoms with Crippen LogP contribution in [0.15, 0.2) is 46.5 Å². The van der Waals surface area contributed by atoms with Crippen molar-refractivity contribution in [2.75, 3.05) is 18.8 Å². The first-order valence-corrected chi connectivity index (χ1v) is 13.9. The number of aromatic amines is 1. The molecule has 192 valence electrons. The van der Waals surface area contributed by atoms with Gasteiger partial charge in [0.2, 0.25) is 20.0 Å². The van der Waals surface area contributed by atoms with Crippen molar-refractivity contribution in [3.05, 3.63) is 42.2 Å². The second-order valence-corrected chi connectivity index (χ2v) is 11.5. The molecule has 2 aliphatic rings. The molecule has 5 rings (SSSR count). The lowest BCUT2D eigenvalue weighted by molar-refractivity contribution is 0.530. The lowest BCUT2D eigenvalue weighted by atomic mass is 9.97. The van der Waals surface area contributed by atoms with Gasteiger partial charge in [0.15, 0.2) is 5.95 Å². The van der Waals surface area contributed by atoms with Crippen molar-refractivity contribution in [2.45, 2.75) is 28.4 Å². The monoisotopic (exact) mass is 535 g/mol. The summed E-state index contributed by atoms with van der Waals surface area (Å²) in [4.78, 5) is 10.2. The SMILES string of the molecule is Nc1ncc(-c2cc(-c3ccc(S(=O)(=O)N[C@H]4CCNC4)c(S(N)(=O)=O)c3C3NNNN3)ccn2)[nH]1. The Labute approximate surface area is 206 Å². The van der Waals surface area contributed by atoms with Gasteiger partial charge in [-0.2, -0.15) is 11.1 Å². The average molecular weight is 536 g/mol. The fourth-order valence-electron chi connectivity index (χ4n) is 4.27. The fraction of sp³-hybridized carbons (Fsp3) is 0.263. The topological polar surface area (TPSA) is 234 Å². The molecule has 3 aromatic rings. The molecule has 1 atom stereocenters. The van der Waals surface area contributed by atoms with Crippen LogP contribution in [0.5, 0.6) is 0 Å². The smallest absolute Gasteiger partial charge is 0.242 e. The third-order valence-corrected chi connectivity index (χ3v) is 8.54. The molecule has 0 amide bonds. The number of nitrogens with zero attached hydrogens (tertiary/aromatic N) is 2. The number of primary sulfonamides is 1. The first kappa shape index (κ1) is 24.7. The molecule has 1 aromatic carbocycles. The van der Waals surface area contributed by atoms with Crippen molar-refractivity contribution < 1.29 is 16.8 Å². The molecule has 0 saturated carbocycles. The Morgan fingerprint density at radius 3 is 2.47 bits per heavy atom. The Balaban J connectivity index is 1.71. The standard InChI is InChI=1S/C19H25N11O4S2/c20-19-24-9-14(25-19)13-7-10(3-6-23-13)12-1-2-15(36(33,34)28-11-4-5-22-8-11)17(35(21,31)32)16(12)18-26-29-30-27-18/h1-3,6-7,9,11,18,22,26-30H,4-5,8H2,(H3,20,24,25)(H2,21,31,32)/t11-/m0/s1. The summed E-state index contributed by atoms with van der Waals surface area (Å²) in [7, 11) is -8.77. The van der Waals surface area contributed by atoms with E-state index >= 15 is 0 Å². The number of H-pyrrole nitrogens is 1. The van der Waals surface area contributed by atoms with Crippen molar-refractivity contribution >= 4 is 26.0 Å². The molecule has 0 spiro atoms. The highest BCUT2D eigenvalue weighted by molar-refractivity contribution is 7.92. The first-order valence-electron chi connectivity index (χ1n) is 10.8. The maximum atomic E-state index is 13.3. The van der Waals surface area contributed by atoms with Crippen LogP contribution in [0.3, 0.4) is 0 Å². The van der Waals surface area contributed by atoms with Gasteiger partial charge >= 0.3 is 0 Å². The van der Waals surface area contributed by atoms with Crippen molar-refractivity contribution in [1.82, 2.24) is 46.9 Å². The molecular formula is C19H25N11O4S2. The minimum Gasteiger partial charge on any atom is -0.369 e. The number of nitrogen functional groups attached to an aromatic ring is 1. The van der Waals surface area contributed by atoms with Crippen molar-refractivity contribution in [3.8, 4) is 22.5 Å². The Kier molecular flexibility index (Phi) is 6.49. The summed E-state index contributed by atoms with van der Waals surface area (Å²) in [6.07, 6.45) is 2.77. The normalized spacial score (nSPS) is 19.2. The van der Waals surface area contributed by atoms with Crippen LogP contribution in [-0.4, -0.2) is 50.9 Å². The number of hydrogen-bond donors (Lipinski definition) is 9. The molecule has 2 aromatic heterocycles. The highest BCUT2D eigenvalue weighted by atomic mass is 32.2. The number of nitrogens with two attached hydrogens (primary N) is 2. The number of imidazole rings is 1. The van der Waals surface area contributed by atoms with Gasteiger partial charge in [0.05, 0.1) is 17.6 Å². The molecule has 2 saturated heterocycles. The predicted octanol–water partition coefficient (Wildman–Crippen LogP) is -1.88. The molecule has 2 fully saturated rings. The zero-order valence-electron chi connectivity index (χ0n) is 18.7. The number of benzene rings is 1. The molecular weight excluding hydrogens is 510 g/mol. The second-order valence-electron chi connectivity index (χ2n) is 8.29. The Hall–Kier alpha value is -3.00. The minimum atomic E-state index is -4.53.